The van der Waals surface area contributed by atoms with Crippen LogP contribution in [0.2, 0.25) is 0 Å². The first-order valence-corrected chi connectivity index (χ1v) is 7.86. The molecule has 25 heavy (non-hydrogen) atoms. The third-order valence-corrected chi connectivity index (χ3v) is 3.92. The highest BCUT2D eigenvalue weighted by Crippen LogP contribution is 2.30. The number of rotatable bonds is 4. The van der Waals surface area contributed by atoms with Gasteiger partial charge in [-0.15, -0.1) is 0 Å². The number of ether oxygens (including phenoxy) is 1. The molecule has 0 N–H and O–H groups in total. The van der Waals surface area contributed by atoms with Gasteiger partial charge in [0.25, 0.3) is 5.91 Å². The van der Waals surface area contributed by atoms with Crippen molar-refractivity contribution in [2.45, 2.75) is 20.0 Å². The second-order valence-corrected chi connectivity index (χ2v) is 5.74. The fourth-order valence-electron chi connectivity index (χ4n) is 2.83. The molecule has 0 spiro atoms. The molecule has 1 heterocycles. The summed E-state index contributed by atoms with van der Waals surface area (Å²) in [6.07, 6.45) is 0.543. The molecular weight excluding hydrogens is 318 g/mol. The molecule has 1 aromatic heterocycles. The highest BCUT2D eigenvalue weighted by Gasteiger charge is 2.26. The van der Waals surface area contributed by atoms with Gasteiger partial charge in [-0.25, -0.2) is 0 Å². The van der Waals surface area contributed by atoms with Crippen LogP contribution in [0, 0.1) is 0 Å². The van der Waals surface area contributed by atoms with E-state index >= 15 is 0 Å². The highest BCUT2D eigenvalue weighted by molar-refractivity contribution is 6.04. The lowest BCUT2D eigenvalue weighted by Crippen LogP contribution is -2.16. The normalized spacial score (nSPS) is 11.9. The minimum atomic E-state index is -1.03. The smallest absolute Gasteiger partial charge is 0.303 e. The minimum Gasteiger partial charge on any atom is -0.450 e. The van der Waals surface area contributed by atoms with Gasteiger partial charge in [0.15, 0.2) is 11.9 Å². The third-order valence-electron chi connectivity index (χ3n) is 3.92. The van der Waals surface area contributed by atoms with Crippen molar-refractivity contribution in [1.29, 1.82) is 0 Å². The molecule has 3 aromatic rings. The summed E-state index contributed by atoms with van der Waals surface area (Å²) >= 11 is 0. The quantitative estimate of drug-likeness (QED) is 0.684. The predicted molar refractivity (Wildman–Crippen MR) is 93.3 cm³/mol. The fourth-order valence-corrected chi connectivity index (χ4v) is 2.83. The van der Waals surface area contributed by atoms with Crippen LogP contribution in [-0.4, -0.2) is 22.2 Å². The van der Waals surface area contributed by atoms with Crippen LogP contribution < -0.4 is 0 Å². The van der Waals surface area contributed by atoms with Crippen molar-refractivity contribution in [2.75, 3.05) is 0 Å². The number of para-hydroxylation sites is 1. The third kappa shape index (κ3) is 3.21. The molecule has 5 heteroatoms. The molecule has 0 bridgehead atoms. The maximum absolute atomic E-state index is 12.9. The largest absolute Gasteiger partial charge is 0.450 e. The van der Waals surface area contributed by atoms with Crippen molar-refractivity contribution in [3.63, 3.8) is 0 Å². The standard InChI is InChI=1S/C20H17NO4/c1-13(22)19(25-14(2)23)17-12-21(18-11-7-6-10-16(17)18)20(24)15-8-4-3-5-9-15/h3-12,19H,1-2H3. The predicted octanol–water partition coefficient (Wildman–Crippen LogP) is 3.52. The Balaban J connectivity index is 2.17. The van der Waals surface area contributed by atoms with Crippen molar-refractivity contribution in [2.24, 2.45) is 0 Å². The zero-order valence-corrected chi connectivity index (χ0v) is 13.9. The Morgan fingerprint density at radius 3 is 2.20 bits per heavy atom. The summed E-state index contributed by atoms with van der Waals surface area (Å²) < 4.78 is 6.68. The van der Waals surface area contributed by atoms with Crippen LogP contribution in [0.5, 0.6) is 0 Å². The summed E-state index contributed by atoms with van der Waals surface area (Å²) in [7, 11) is 0. The van der Waals surface area contributed by atoms with Crippen LogP contribution in [0.4, 0.5) is 0 Å². The lowest BCUT2D eigenvalue weighted by atomic mass is 10.1. The van der Waals surface area contributed by atoms with E-state index in [1.807, 2.05) is 18.2 Å². The number of Topliss-reactive ketones (excluding diaryl/α,β-unsaturated/α-hetero) is 1. The number of carbonyl (C=O) groups excluding carboxylic acids is 3. The van der Waals surface area contributed by atoms with E-state index in [4.69, 9.17) is 4.74 Å². The molecular formula is C20H17NO4. The Labute approximate surface area is 144 Å². The van der Waals surface area contributed by atoms with E-state index in [0.29, 0.717) is 22.0 Å². The van der Waals surface area contributed by atoms with E-state index in [0.717, 1.165) is 0 Å². The van der Waals surface area contributed by atoms with Gasteiger partial charge in [0.05, 0.1) is 5.52 Å². The molecule has 126 valence electrons. The van der Waals surface area contributed by atoms with Gasteiger partial charge < -0.3 is 4.74 Å². The lowest BCUT2D eigenvalue weighted by molar-refractivity contribution is -0.152. The molecule has 0 aliphatic carbocycles. The molecule has 0 saturated carbocycles. The Kier molecular flexibility index (Phi) is 4.48. The van der Waals surface area contributed by atoms with Gasteiger partial charge in [0.2, 0.25) is 0 Å². The van der Waals surface area contributed by atoms with Crippen LogP contribution in [0.15, 0.2) is 60.8 Å². The van der Waals surface area contributed by atoms with E-state index < -0.39 is 12.1 Å². The zero-order valence-electron chi connectivity index (χ0n) is 13.9. The second kappa shape index (κ2) is 6.73. The number of fused-ring (bicyclic) bond motifs is 1. The summed E-state index contributed by atoms with van der Waals surface area (Å²) in [5.41, 5.74) is 1.69. The molecule has 1 atom stereocenters. The molecule has 0 aliphatic heterocycles. The molecule has 3 rings (SSSR count). The van der Waals surface area contributed by atoms with Crippen molar-refractivity contribution in [1.82, 2.24) is 4.57 Å². The van der Waals surface area contributed by atoms with Gasteiger partial charge in [-0.2, -0.15) is 0 Å². The zero-order chi connectivity index (χ0) is 18.0. The van der Waals surface area contributed by atoms with E-state index in [1.54, 1.807) is 42.6 Å². The molecule has 5 nitrogen and oxygen atoms in total. The van der Waals surface area contributed by atoms with Gasteiger partial charge in [0, 0.05) is 29.6 Å². The maximum atomic E-state index is 12.9. The minimum absolute atomic E-state index is 0.215. The fraction of sp³-hybridized carbons (Fsp3) is 0.150. The first-order chi connectivity index (χ1) is 12.0. The maximum Gasteiger partial charge on any atom is 0.303 e. The number of ketones is 1. The Morgan fingerprint density at radius 2 is 1.56 bits per heavy atom. The number of hydrogen-bond acceptors (Lipinski definition) is 4. The molecule has 1 unspecified atom stereocenters. The molecule has 0 aliphatic rings. The monoisotopic (exact) mass is 335 g/mol. The first kappa shape index (κ1) is 16.6. The molecule has 0 amide bonds. The van der Waals surface area contributed by atoms with Crippen LogP contribution in [0.25, 0.3) is 10.9 Å². The number of nitrogens with zero attached hydrogens (tertiary/aromatic N) is 1. The van der Waals surface area contributed by atoms with Gasteiger partial charge >= 0.3 is 5.97 Å². The second-order valence-electron chi connectivity index (χ2n) is 5.74. The van der Waals surface area contributed by atoms with Crippen LogP contribution in [0.3, 0.4) is 0 Å². The van der Waals surface area contributed by atoms with Crippen molar-refractivity contribution in [3.05, 3.63) is 71.9 Å². The SMILES string of the molecule is CC(=O)OC(C(C)=O)c1cn(C(=O)c2ccccc2)c2ccccc12. The van der Waals surface area contributed by atoms with Crippen LogP contribution in [0.1, 0.15) is 35.9 Å². The number of carbonyl (C=O) groups is 3. The molecule has 0 fully saturated rings. The van der Waals surface area contributed by atoms with Gasteiger partial charge in [-0.1, -0.05) is 36.4 Å². The van der Waals surface area contributed by atoms with Crippen molar-refractivity contribution < 1.29 is 19.1 Å². The number of aromatic nitrogens is 1. The highest BCUT2D eigenvalue weighted by atomic mass is 16.5. The first-order valence-electron chi connectivity index (χ1n) is 7.86. The topological polar surface area (TPSA) is 65.4 Å². The Hall–Kier alpha value is -3.21. The van der Waals surface area contributed by atoms with Gasteiger partial charge in [0.1, 0.15) is 0 Å². The van der Waals surface area contributed by atoms with E-state index in [1.165, 1.54) is 18.4 Å². The summed E-state index contributed by atoms with van der Waals surface area (Å²) in [5, 5.41) is 0.702. The van der Waals surface area contributed by atoms with Crippen LogP contribution in [-0.2, 0) is 14.3 Å². The summed E-state index contributed by atoms with van der Waals surface area (Å²) in [6, 6.07) is 16.1. The number of benzene rings is 2. The van der Waals surface area contributed by atoms with E-state index in [9.17, 15) is 14.4 Å². The number of hydrogen-bond donors (Lipinski definition) is 0. The van der Waals surface area contributed by atoms with Crippen molar-refractivity contribution >= 4 is 28.6 Å². The van der Waals surface area contributed by atoms with E-state index in [2.05, 4.69) is 0 Å². The van der Waals surface area contributed by atoms with Gasteiger partial charge in [-0.3, -0.25) is 19.0 Å². The summed E-state index contributed by atoms with van der Waals surface area (Å²) in [4.78, 5) is 36.2. The Morgan fingerprint density at radius 1 is 0.920 bits per heavy atom. The average Bonchev–Trinajstić information content (AvgIpc) is 2.99. The molecule has 0 radical (unpaired) electrons. The van der Waals surface area contributed by atoms with Crippen molar-refractivity contribution in [3.8, 4) is 0 Å². The average molecular weight is 335 g/mol. The Bertz CT molecular complexity index is 956. The summed E-state index contributed by atoms with van der Waals surface area (Å²) in [6.45, 7) is 2.61. The van der Waals surface area contributed by atoms with Gasteiger partial charge in [-0.05, 0) is 25.1 Å². The van der Waals surface area contributed by atoms with E-state index in [-0.39, 0.29) is 11.7 Å². The molecule has 0 saturated heterocycles. The number of esters is 1. The summed E-state index contributed by atoms with van der Waals surface area (Å²) in [5.74, 6) is -1.06. The molecule has 2 aromatic carbocycles. The van der Waals surface area contributed by atoms with Crippen LogP contribution >= 0.6 is 0 Å². The lowest BCUT2D eigenvalue weighted by Gasteiger charge is -2.13.